The third kappa shape index (κ3) is 3.40. The second kappa shape index (κ2) is 6.96. The standard InChI is InChI=1S/C22H18N2O3/c1-14-4-3-5-15(12-14)21-19-13-16(6-11-20(19)24-27-21)22(25)23-17-7-9-18(26-2)10-8-17/h3-13H,1-2H3,(H,23,25). The summed E-state index contributed by atoms with van der Waals surface area (Å²) in [6, 6.07) is 20.5. The van der Waals surface area contributed by atoms with Crippen molar-refractivity contribution in [2.45, 2.75) is 6.92 Å². The highest BCUT2D eigenvalue weighted by atomic mass is 16.5. The van der Waals surface area contributed by atoms with Crippen LogP contribution in [0.25, 0.3) is 22.2 Å². The van der Waals surface area contributed by atoms with Gasteiger partial charge >= 0.3 is 0 Å². The Morgan fingerprint density at radius 1 is 1.04 bits per heavy atom. The molecule has 3 aromatic carbocycles. The van der Waals surface area contributed by atoms with Crippen LogP contribution >= 0.6 is 0 Å². The van der Waals surface area contributed by atoms with E-state index < -0.39 is 0 Å². The van der Waals surface area contributed by atoms with E-state index in [1.165, 1.54) is 0 Å². The maximum Gasteiger partial charge on any atom is 0.255 e. The van der Waals surface area contributed by atoms with Crippen molar-refractivity contribution in [3.8, 4) is 17.1 Å². The number of aromatic nitrogens is 1. The lowest BCUT2D eigenvalue weighted by molar-refractivity contribution is 0.102. The number of methoxy groups -OCH3 is 1. The monoisotopic (exact) mass is 358 g/mol. The smallest absolute Gasteiger partial charge is 0.255 e. The summed E-state index contributed by atoms with van der Waals surface area (Å²) in [7, 11) is 1.60. The molecule has 0 bridgehead atoms. The van der Waals surface area contributed by atoms with Crippen LogP contribution in [0.1, 0.15) is 15.9 Å². The molecule has 0 saturated heterocycles. The van der Waals surface area contributed by atoms with Crippen molar-refractivity contribution in [3.63, 3.8) is 0 Å². The van der Waals surface area contributed by atoms with E-state index in [0.717, 1.165) is 22.3 Å². The van der Waals surface area contributed by atoms with E-state index in [9.17, 15) is 4.79 Å². The Hall–Kier alpha value is -3.60. The molecular formula is C22H18N2O3. The molecule has 0 radical (unpaired) electrons. The van der Waals surface area contributed by atoms with Gasteiger partial charge in [-0.25, -0.2) is 0 Å². The summed E-state index contributed by atoms with van der Waals surface area (Å²) in [6.45, 7) is 2.02. The van der Waals surface area contributed by atoms with Crippen molar-refractivity contribution >= 4 is 22.5 Å². The molecule has 0 spiro atoms. The van der Waals surface area contributed by atoms with Crippen molar-refractivity contribution in [3.05, 3.63) is 77.9 Å². The minimum atomic E-state index is -0.196. The van der Waals surface area contributed by atoms with Gasteiger partial charge in [0.05, 0.1) is 12.5 Å². The van der Waals surface area contributed by atoms with E-state index >= 15 is 0 Å². The molecule has 0 saturated carbocycles. The van der Waals surface area contributed by atoms with Gasteiger partial charge in [0.15, 0.2) is 5.76 Å². The van der Waals surface area contributed by atoms with Crippen LogP contribution in [0.5, 0.6) is 5.75 Å². The molecule has 1 N–H and O–H groups in total. The van der Waals surface area contributed by atoms with Gasteiger partial charge in [-0.3, -0.25) is 4.79 Å². The molecule has 0 aliphatic heterocycles. The van der Waals surface area contributed by atoms with Gasteiger partial charge in [0.2, 0.25) is 0 Å². The molecule has 0 atom stereocenters. The van der Waals surface area contributed by atoms with Crippen molar-refractivity contribution in [1.29, 1.82) is 0 Å². The fourth-order valence-corrected chi connectivity index (χ4v) is 2.95. The summed E-state index contributed by atoms with van der Waals surface area (Å²) in [6.07, 6.45) is 0. The molecular weight excluding hydrogens is 340 g/mol. The summed E-state index contributed by atoms with van der Waals surface area (Å²) < 4.78 is 10.7. The Kier molecular flexibility index (Phi) is 4.34. The highest BCUT2D eigenvalue weighted by Crippen LogP contribution is 2.30. The van der Waals surface area contributed by atoms with E-state index in [2.05, 4.69) is 10.5 Å². The normalized spacial score (nSPS) is 10.7. The molecule has 1 aromatic heterocycles. The second-order valence-electron chi connectivity index (χ2n) is 6.30. The van der Waals surface area contributed by atoms with Crippen LogP contribution in [0, 0.1) is 6.92 Å². The number of nitrogens with one attached hydrogen (secondary N) is 1. The summed E-state index contributed by atoms with van der Waals surface area (Å²) in [4.78, 5) is 12.6. The molecule has 0 aliphatic rings. The molecule has 4 rings (SSSR count). The molecule has 0 aliphatic carbocycles. The van der Waals surface area contributed by atoms with Gasteiger partial charge in [0.1, 0.15) is 11.3 Å². The third-order valence-corrected chi connectivity index (χ3v) is 4.37. The lowest BCUT2D eigenvalue weighted by atomic mass is 10.0. The number of benzene rings is 3. The fraction of sp³-hybridized carbons (Fsp3) is 0.0909. The minimum absolute atomic E-state index is 0.196. The van der Waals surface area contributed by atoms with Gasteiger partial charge in [-0.05, 0) is 55.5 Å². The molecule has 1 heterocycles. The third-order valence-electron chi connectivity index (χ3n) is 4.37. The second-order valence-corrected chi connectivity index (χ2v) is 6.30. The highest BCUT2D eigenvalue weighted by Gasteiger charge is 2.14. The average Bonchev–Trinajstić information content (AvgIpc) is 3.12. The molecule has 0 fully saturated rings. The van der Waals surface area contributed by atoms with Crippen LogP contribution in [0.15, 0.2) is 71.3 Å². The zero-order valence-corrected chi connectivity index (χ0v) is 15.0. The van der Waals surface area contributed by atoms with Gasteiger partial charge in [-0.1, -0.05) is 28.9 Å². The van der Waals surface area contributed by atoms with E-state index in [1.54, 1.807) is 43.5 Å². The van der Waals surface area contributed by atoms with Gasteiger partial charge in [0, 0.05) is 16.8 Å². The quantitative estimate of drug-likeness (QED) is 0.553. The predicted molar refractivity (Wildman–Crippen MR) is 105 cm³/mol. The zero-order chi connectivity index (χ0) is 18.8. The molecule has 5 heteroatoms. The maximum atomic E-state index is 12.6. The maximum absolute atomic E-state index is 12.6. The van der Waals surface area contributed by atoms with Crippen LogP contribution in [-0.2, 0) is 0 Å². The summed E-state index contributed by atoms with van der Waals surface area (Å²) in [5, 5.41) is 7.81. The van der Waals surface area contributed by atoms with Gasteiger partial charge < -0.3 is 14.6 Å². The lowest BCUT2D eigenvalue weighted by Crippen LogP contribution is -2.11. The topological polar surface area (TPSA) is 64.4 Å². The number of carbonyl (C=O) groups excluding carboxylic acids is 1. The van der Waals surface area contributed by atoms with Crippen LogP contribution in [0.2, 0.25) is 0 Å². The van der Waals surface area contributed by atoms with E-state index in [1.807, 2.05) is 37.3 Å². The number of anilines is 1. The van der Waals surface area contributed by atoms with E-state index in [4.69, 9.17) is 9.26 Å². The zero-order valence-electron chi connectivity index (χ0n) is 15.0. The first-order valence-corrected chi connectivity index (χ1v) is 8.56. The van der Waals surface area contributed by atoms with Crippen LogP contribution in [-0.4, -0.2) is 18.2 Å². The molecule has 134 valence electrons. The van der Waals surface area contributed by atoms with Crippen LogP contribution in [0.4, 0.5) is 5.69 Å². The number of rotatable bonds is 4. The van der Waals surface area contributed by atoms with Crippen molar-refractivity contribution in [1.82, 2.24) is 5.16 Å². The summed E-state index contributed by atoms with van der Waals surface area (Å²) >= 11 is 0. The van der Waals surface area contributed by atoms with E-state index in [-0.39, 0.29) is 5.91 Å². The molecule has 5 nitrogen and oxygen atoms in total. The van der Waals surface area contributed by atoms with Gasteiger partial charge in [0.25, 0.3) is 5.91 Å². The largest absolute Gasteiger partial charge is 0.497 e. The van der Waals surface area contributed by atoms with Crippen molar-refractivity contribution in [2.24, 2.45) is 0 Å². The Bertz CT molecular complexity index is 1110. The molecule has 4 aromatic rings. The molecule has 0 unspecified atom stereocenters. The Labute approximate surface area is 156 Å². The van der Waals surface area contributed by atoms with Crippen LogP contribution < -0.4 is 10.1 Å². The van der Waals surface area contributed by atoms with E-state index in [0.29, 0.717) is 22.5 Å². The number of hydrogen-bond acceptors (Lipinski definition) is 4. The van der Waals surface area contributed by atoms with Crippen LogP contribution in [0.3, 0.4) is 0 Å². The summed E-state index contributed by atoms with van der Waals surface area (Å²) in [5.41, 5.74) is 4.02. The molecule has 27 heavy (non-hydrogen) atoms. The number of hydrogen-bond donors (Lipinski definition) is 1. The minimum Gasteiger partial charge on any atom is -0.497 e. The Morgan fingerprint density at radius 3 is 2.59 bits per heavy atom. The number of carbonyl (C=O) groups is 1. The van der Waals surface area contributed by atoms with Gasteiger partial charge in [-0.2, -0.15) is 0 Å². The number of amides is 1. The number of nitrogens with zero attached hydrogens (tertiary/aromatic N) is 1. The lowest BCUT2D eigenvalue weighted by Gasteiger charge is -2.06. The summed E-state index contributed by atoms with van der Waals surface area (Å²) in [5.74, 6) is 1.20. The Morgan fingerprint density at radius 2 is 1.85 bits per heavy atom. The fourth-order valence-electron chi connectivity index (χ4n) is 2.95. The number of fused-ring (bicyclic) bond motifs is 1. The highest BCUT2D eigenvalue weighted by molar-refractivity contribution is 6.07. The van der Waals surface area contributed by atoms with Gasteiger partial charge in [-0.15, -0.1) is 0 Å². The average molecular weight is 358 g/mol. The Balaban J connectivity index is 1.66. The van der Waals surface area contributed by atoms with Crippen molar-refractivity contribution < 1.29 is 14.1 Å². The molecule has 1 amide bonds. The number of ether oxygens (including phenoxy) is 1. The first-order chi connectivity index (χ1) is 13.1. The SMILES string of the molecule is COc1ccc(NC(=O)c2ccc3noc(-c4cccc(C)c4)c3c2)cc1. The van der Waals surface area contributed by atoms with Crippen molar-refractivity contribution in [2.75, 3.05) is 12.4 Å². The first kappa shape index (κ1) is 16.8. The first-order valence-electron chi connectivity index (χ1n) is 8.56. The number of aryl methyl sites for hydroxylation is 1. The predicted octanol–water partition coefficient (Wildman–Crippen LogP) is 5.06.